The van der Waals surface area contributed by atoms with Gasteiger partial charge in [-0.2, -0.15) is 13.2 Å². The average molecular weight is 743 g/mol. The van der Waals surface area contributed by atoms with E-state index in [-0.39, 0.29) is 54.0 Å². The maximum atomic E-state index is 14.7. The first-order valence-corrected chi connectivity index (χ1v) is 18.5. The van der Waals surface area contributed by atoms with Crippen molar-refractivity contribution in [3.05, 3.63) is 70.7 Å². The Bertz CT molecular complexity index is 1810. The fourth-order valence-corrected chi connectivity index (χ4v) is 7.34. The number of aromatic nitrogens is 1. The highest BCUT2D eigenvalue weighted by Crippen LogP contribution is 2.40. The number of halogens is 4. The quantitative estimate of drug-likeness (QED) is 0.146. The minimum Gasteiger partial charge on any atom is -0.358 e. The number of para-hydroxylation sites is 1. The number of benzene rings is 2. The molecule has 2 unspecified atom stereocenters. The van der Waals surface area contributed by atoms with Gasteiger partial charge in [0.25, 0.3) is 0 Å². The van der Waals surface area contributed by atoms with E-state index in [4.69, 9.17) is 0 Å². The van der Waals surface area contributed by atoms with Gasteiger partial charge in [-0.1, -0.05) is 70.9 Å². The van der Waals surface area contributed by atoms with Gasteiger partial charge in [-0.25, -0.2) is 4.39 Å². The first-order valence-electron chi connectivity index (χ1n) is 18.5. The summed E-state index contributed by atoms with van der Waals surface area (Å²) in [6.07, 6.45) is -1.90. The number of amides is 4. The fourth-order valence-electron chi connectivity index (χ4n) is 7.34. The molecule has 2 heterocycles. The second-order valence-corrected chi connectivity index (χ2v) is 14.6. The van der Waals surface area contributed by atoms with E-state index in [1.165, 1.54) is 24.3 Å². The summed E-state index contributed by atoms with van der Waals surface area (Å²) < 4.78 is 56.5. The van der Waals surface area contributed by atoms with E-state index in [1.807, 2.05) is 20.8 Å². The lowest BCUT2D eigenvalue weighted by Gasteiger charge is -2.40. The molecule has 0 bridgehead atoms. The molecule has 4 amide bonds. The van der Waals surface area contributed by atoms with Crippen molar-refractivity contribution < 1.29 is 36.7 Å². The Labute approximate surface area is 307 Å². The number of carbonyl (C=O) groups excluding carboxylic acids is 4. The van der Waals surface area contributed by atoms with Crippen LogP contribution >= 0.6 is 0 Å². The SMILES string of the molecule is CCC(C)[C@H](NC(=O)Cc1ccccc1F)C(=O)N[C@]1(C(=O)NC(C(=O)NCN2CCCC2)[C@@H](C)CC)CCc2[nH]c3c(C(F)(F)F)cccc3c2C1. The number of rotatable bonds is 14. The third-order valence-corrected chi connectivity index (χ3v) is 11.0. The Hall–Kier alpha value is -4.46. The number of carbonyl (C=O) groups is 4. The van der Waals surface area contributed by atoms with Crippen LogP contribution in [0.2, 0.25) is 0 Å². The average Bonchev–Trinajstić information content (AvgIpc) is 3.79. The van der Waals surface area contributed by atoms with Crippen molar-refractivity contribution in [3.8, 4) is 0 Å². The topological polar surface area (TPSA) is 135 Å². The van der Waals surface area contributed by atoms with Crippen LogP contribution in [0.1, 0.15) is 82.2 Å². The molecule has 10 nitrogen and oxygen atoms in total. The zero-order valence-corrected chi connectivity index (χ0v) is 30.7. The van der Waals surface area contributed by atoms with E-state index in [0.717, 1.165) is 32.0 Å². The van der Waals surface area contributed by atoms with Crippen LogP contribution in [0.25, 0.3) is 10.9 Å². The van der Waals surface area contributed by atoms with Crippen molar-refractivity contribution in [2.45, 2.75) is 103 Å². The molecule has 1 aromatic heterocycles. The van der Waals surface area contributed by atoms with Crippen LogP contribution in [-0.2, 0) is 44.6 Å². The lowest BCUT2D eigenvalue weighted by molar-refractivity contribution is -0.139. The number of H-pyrrole nitrogens is 1. The molecule has 5 rings (SSSR count). The molecule has 0 radical (unpaired) electrons. The van der Waals surface area contributed by atoms with Gasteiger partial charge in [-0.3, -0.25) is 24.1 Å². The lowest BCUT2D eigenvalue weighted by Crippen LogP contribution is -2.67. The first kappa shape index (κ1) is 39.7. The first-order chi connectivity index (χ1) is 25.2. The number of nitrogens with one attached hydrogen (secondary N) is 5. The predicted molar refractivity (Wildman–Crippen MR) is 193 cm³/mol. The lowest BCUT2D eigenvalue weighted by atomic mass is 9.78. The van der Waals surface area contributed by atoms with E-state index in [9.17, 15) is 36.7 Å². The third-order valence-electron chi connectivity index (χ3n) is 11.0. The van der Waals surface area contributed by atoms with Crippen LogP contribution in [0.4, 0.5) is 17.6 Å². The number of aryl methyl sites for hydroxylation is 1. The Morgan fingerprint density at radius 2 is 1.57 bits per heavy atom. The van der Waals surface area contributed by atoms with Crippen molar-refractivity contribution in [2.75, 3.05) is 19.8 Å². The highest BCUT2D eigenvalue weighted by atomic mass is 19.4. The molecule has 1 aliphatic heterocycles. The van der Waals surface area contributed by atoms with E-state index in [2.05, 4.69) is 31.2 Å². The summed E-state index contributed by atoms with van der Waals surface area (Å²) in [5.41, 5.74) is -1.52. The molecule has 3 aromatic rings. The minimum atomic E-state index is -4.63. The Morgan fingerprint density at radius 1 is 0.906 bits per heavy atom. The smallest absolute Gasteiger partial charge is 0.358 e. The number of hydrogen-bond donors (Lipinski definition) is 5. The highest BCUT2D eigenvalue weighted by Gasteiger charge is 2.47. The Morgan fingerprint density at radius 3 is 2.21 bits per heavy atom. The summed E-state index contributed by atoms with van der Waals surface area (Å²) >= 11 is 0. The molecule has 53 heavy (non-hydrogen) atoms. The van der Waals surface area contributed by atoms with E-state index < -0.39 is 58.8 Å². The van der Waals surface area contributed by atoms with E-state index >= 15 is 0 Å². The molecule has 2 aromatic carbocycles. The summed E-state index contributed by atoms with van der Waals surface area (Å²) in [4.78, 5) is 60.8. The third kappa shape index (κ3) is 9.02. The number of alkyl halides is 3. The van der Waals surface area contributed by atoms with E-state index in [1.54, 1.807) is 19.1 Å². The molecule has 288 valence electrons. The molecular weight excluding hydrogens is 692 g/mol. The van der Waals surface area contributed by atoms with Crippen LogP contribution in [0, 0.1) is 17.7 Å². The van der Waals surface area contributed by atoms with Gasteiger partial charge in [-0.15, -0.1) is 0 Å². The molecule has 14 heteroatoms. The number of likely N-dealkylation sites (tertiary alicyclic amines) is 1. The van der Waals surface area contributed by atoms with Crippen LogP contribution in [0.3, 0.4) is 0 Å². The standard InChI is InChI=1S/C39H50F4N6O4/c1-5-23(3)32(35(51)44-22-49-18-9-10-19-49)47-37(53)38(17-16-30-27(21-38)26-13-11-14-28(34(26)45-30)39(41,42)43)48-36(52)33(24(4)6-2)46-31(50)20-25-12-7-8-15-29(25)40/h7-8,11-15,23-24,32-33,45H,5-6,9-10,16-22H2,1-4H3,(H,44,51)(H,46,50)(H,47,53)(H,48,52)/t23-,24?,32?,33-,38+/m0/s1. The molecule has 5 N–H and O–H groups in total. The number of hydrogen-bond acceptors (Lipinski definition) is 5. The Balaban J connectivity index is 1.48. The zero-order chi connectivity index (χ0) is 38.5. The van der Waals surface area contributed by atoms with Gasteiger partial charge in [0.1, 0.15) is 23.4 Å². The van der Waals surface area contributed by atoms with Gasteiger partial charge >= 0.3 is 6.18 Å². The molecule has 1 fully saturated rings. The fraction of sp³-hybridized carbons (Fsp3) is 0.538. The van der Waals surface area contributed by atoms with Gasteiger partial charge in [-0.05, 0) is 73.9 Å². The van der Waals surface area contributed by atoms with Crippen molar-refractivity contribution in [2.24, 2.45) is 11.8 Å². The van der Waals surface area contributed by atoms with Crippen molar-refractivity contribution in [1.29, 1.82) is 0 Å². The number of fused-ring (bicyclic) bond motifs is 3. The molecule has 1 saturated heterocycles. The molecule has 5 atom stereocenters. The summed E-state index contributed by atoms with van der Waals surface area (Å²) in [5, 5.41) is 11.8. The maximum Gasteiger partial charge on any atom is 0.418 e. The van der Waals surface area contributed by atoms with Crippen molar-refractivity contribution in [3.63, 3.8) is 0 Å². The highest BCUT2D eigenvalue weighted by molar-refractivity contribution is 5.98. The molecule has 2 aliphatic rings. The molecule has 1 aliphatic carbocycles. The van der Waals surface area contributed by atoms with Gasteiger partial charge in [0.2, 0.25) is 23.6 Å². The van der Waals surface area contributed by atoms with Crippen LogP contribution in [0.15, 0.2) is 42.5 Å². The molecule has 0 spiro atoms. The summed E-state index contributed by atoms with van der Waals surface area (Å²) in [6.45, 7) is 9.37. The van der Waals surface area contributed by atoms with Crippen molar-refractivity contribution >= 4 is 34.5 Å². The van der Waals surface area contributed by atoms with E-state index in [0.29, 0.717) is 30.8 Å². The summed E-state index contributed by atoms with van der Waals surface area (Å²) in [6, 6.07) is 7.59. The second kappa shape index (κ2) is 16.7. The Kier molecular flexibility index (Phi) is 12.5. The largest absolute Gasteiger partial charge is 0.418 e. The normalized spacial score (nSPS) is 19.8. The van der Waals surface area contributed by atoms with Crippen molar-refractivity contribution in [1.82, 2.24) is 31.2 Å². The van der Waals surface area contributed by atoms with Crippen LogP contribution in [0.5, 0.6) is 0 Å². The molecule has 0 saturated carbocycles. The minimum absolute atomic E-state index is 0.00473. The monoisotopic (exact) mass is 742 g/mol. The van der Waals surface area contributed by atoms with Gasteiger partial charge in [0.05, 0.1) is 24.2 Å². The summed E-state index contributed by atoms with van der Waals surface area (Å²) in [7, 11) is 0. The number of nitrogens with zero attached hydrogens (tertiary/aromatic N) is 1. The van der Waals surface area contributed by atoms with Gasteiger partial charge in [0.15, 0.2) is 0 Å². The summed E-state index contributed by atoms with van der Waals surface area (Å²) in [5.74, 6) is -3.56. The predicted octanol–water partition coefficient (Wildman–Crippen LogP) is 5.14. The molecular formula is C39H50F4N6O4. The zero-order valence-electron chi connectivity index (χ0n) is 30.7. The number of aromatic amines is 1. The second-order valence-electron chi connectivity index (χ2n) is 14.6. The van der Waals surface area contributed by atoms with Gasteiger partial charge < -0.3 is 26.3 Å². The maximum absolute atomic E-state index is 14.7. The van der Waals surface area contributed by atoms with Crippen LogP contribution < -0.4 is 21.3 Å². The van der Waals surface area contributed by atoms with Gasteiger partial charge in [0, 0.05) is 17.5 Å². The van der Waals surface area contributed by atoms with Crippen LogP contribution in [-0.4, -0.2) is 70.9 Å².